The molecule has 0 aliphatic rings. The summed E-state index contributed by atoms with van der Waals surface area (Å²) < 4.78 is 16.3. The van der Waals surface area contributed by atoms with E-state index in [4.69, 9.17) is 0 Å². The summed E-state index contributed by atoms with van der Waals surface area (Å²) >= 11 is 3.44. The summed E-state index contributed by atoms with van der Waals surface area (Å²) in [5, 5.41) is 0. The summed E-state index contributed by atoms with van der Waals surface area (Å²) in [5.41, 5.74) is 3.32. The Morgan fingerprint density at radius 1 is 1.26 bits per heavy atom. The van der Waals surface area contributed by atoms with E-state index in [2.05, 4.69) is 32.6 Å². The molecule has 1 aromatic heterocycles. The summed E-state index contributed by atoms with van der Waals surface area (Å²) in [5.74, 6) is 0.385. The standard InChI is InChI=1S/C21H23BrN2O2S/c1-3-16(4-2)6-5-13-27(26)24-20-8-7-19(22)14-18(20)15-21(25)17-9-11-23-12-10-17/h3,5-12,14,24H,4,13,15H2,1-2H3/b6-5-,16-3-. The van der Waals surface area contributed by atoms with E-state index in [1.165, 1.54) is 5.57 Å². The predicted molar refractivity (Wildman–Crippen MR) is 116 cm³/mol. The first kappa shape index (κ1) is 21.3. The van der Waals surface area contributed by atoms with E-state index in [0.717, 1.165) is 16.5 Å². The SMILES string of the molecule is C/C=C(\C=C/CS(=O)Nc1ccc(Br)cc1CC(=O)c1ccncc1)CC. The molecule has 27 heavy (non-hydrogen) atoms. The van der Waals surface area contributed by atoms with Crippen LogP contribution in [0.4, 0.5) is 5.69 Å². The van der Waals surface area contributed by atoms with Crippen LogP contribution in [0, 0.1) is 0 Å². The molecule has 0 saturated heterocycles. The molecule has 0 fully saturated rings. The van der Waals surface area contributed by atoms with Gasteiger partial charge in [0.2, 0.25) is 0 Å². The van der Waals surface area contributed by atoms with Crippen molar-refractivity contribution in [1.29, 1.82) is 0 Å². The minimum atomic E-state index is -1.27. The van der Waals surface area contributed by atoms with Gasteiger partial charge in [0.15, 0.2) is 5.78 Å². The number of nitrogens with zero attached hydrogens (tertiary/aromatic N) is 1. The third-order valence-corrected chi connectivity index (χ3v) is 5.44. The van der Waals surface area contributed by atoms with Gasteiger partial charge in [-0.25, -0.2) is 4.21 Å². The summed E-state index contributed by atoms with van der Waals surface area (Å²) in [6.07, 6.45) is 10.3. The third-order valence-electron chi connectivity index (χ3n) is 4.00. The predicted octanol–water partition coefficient (Wildman–Crippen LogP) is 5.26. The van der Waals surface area contributed by atoms with Crippen molar-refractivity contribution in [2.75, 3.05) is 10.5 Å². The molecule has 0 saturated carbocycles. The van der Waals surface area contributed by atoms with Gasteiger partial charge in [-0.1, -0.05) is 46.7 Å². The lowest BCUT2D eigenvalue weighted by Gasteiger charge is -2.11. The molecule has 1 unspecified atom stereocenters. The van der Waals surface area contributed by atoms with Gasteiger partial charge in [-0.2, -0.15) is 0 Å². The van der Waals surface area contributed by atoms with Gasteiger partial charge in [-0.3, -0.25) is 9.78 Å². The van der Waals surface area contributed by atoms with E-state index in [-0.39, 0.29) is 12.2 Å². The van der Waals surface area contributed by atoms with Crippen molar-refractivity contribution in [3.63, 3.8) is 0 Å². The Balaban J connectivity index is 2.09. The van der Waals surface area contributed by atoms with Gasteiger partial charge in [0.25, 0.3) is 0 Å². The van der Waals surface area contributed by atoms with E-state index in [1.54, 1.807) is 24.5 Å². The number of anilines is 1. The van der Waals surface area contributed by atoms with Crippen molar-refractivity contribution < 1.29 is 9.00 Å². The van der Waals surface area contributed by atoms with Crippen molar-refractivity contribution >= 4 is 38.4 Å². The van der Waals surface area contributed by atoms with E-state index in [0.29, 0.717) is 17.0 Å². The van der Waals surface area contributed by atoms with Gasteiger partial charge >= 0.3 is 0 Å². The third kappa shape index (κ3) is 6.88. The largest absolute Gasteiger partial charge is 0.305 e. The van der Waals surface area contributed by atoms with Crippen LogP contribution in [-0.2, 0) is 17.4 Å². The average Bonchev–Trinajstić information content (AvgIpc) is 2.68. The molecule has 1 N–H and O–H groups in total. The minimum Gasteiger partial charge on any atom is -0.305 e. The average molecular weight is 447 g/mol. The Kier molecular flexibility index (Phi) is 8.61. The molecule has 0 spiro atoms. The zero-order chi connectivity index (χ0) is 19.6. The van der Waals surface area contributed by atoms with Crippen LogP contribution in [0.25, 0.3) is 0 Å². The number of hydrogen-bond acceptors (Lipinski definition) is 3. The second kappa shape index (κ2) is 10.9. The number of halogens is 1. The lowest BCUT2D eigenvalue weighted by molar-refractivity contribution is 0.0993. The quantitative estimate of drug-likeness (QED) is 0.422. The van der Waals surface area contributed by atoms with Crippen LogP contribution in [0.2, 0.25) is 0 Å². The van der Waals surface area contributed by atoms with Crippen LogP contribution in [-0.4, -0.2) is 20.7 Å². The van der Waals surface area contributed by atoms with Crippen molar-refractivity contribution in [1.82, 2.24) is 4.98 Å². The molecule has 1 heterocycles. The summed E-state index contributed by atoms with van der Waals surface area (Å²) in [6.45, 7) is 4.08. The second-order valence-electron chi connectivity index (χ2n) is 5.87. The zero-order valence-electron chi connectivity index (χ0n) is 15.4. The van der Waals surface area contributed by atoms with Gasteiger partial charge in [-0.15, -0.1) is 0 Å². The number of aromatic nitrogens is 1. The molecule has 142 valence electrons. The monoisotopic (exact) mass is 446 g/mol. The number of pyridine rings is 1. The molecule has 4 nitrogen and oxygen atoms in total. The molecular formula is C21H23BrN2O2S. The number of rotatable bonds is 9. The van der Waals surface area contributed by atoms with Gasteiger partial charge in [0, 0.05) is 34.5 Å². The number of nitrogens with one attached hydrogen (secondary N) is 1. The number of ketones is 1. The number of Topliss-reactive ketones (excluding diaryl/α,β-unsaturated/α-hetero) is 1. The van der Waals surface area contributed by atoms with E-state index in [1.807, 2.05) is 43.4 Å². The van der Waals surface area contributed by atoms with Crippen LogP contribution in [0.5, 0.6) is 0 Å². The van der Waals surface area contributed by atoms with Gasteiger partial charge < -0.3 is 4.72 Å². The van der Waals surface area contributed by atoms with Gasteiger partial charge in [-0.05, 0) is 49.2 Å². The van der Waals surface area contributed by atoms with Crippen LogP contribution < -0.4 is 4.72 Å². The Bertz CT molecular complexity index is 864. The molecule has 0 amide bonds. The molecule has 1 atom stereocenters. The van der Waals surface area contributed by atoms with Crippen molar-refractivity contribution in [2.24, 2.45) is 0 Å². The molecular weight excluding hydrogens is 424 g/mol. The van der Waals surface area contributed by atoms with Crippen LogP contribution in [0.1, 0.15) is 36.2 Å². The smallest absolute Gasteiger partial charge is 0.167 e. The van der Waals surface area contributed by atoms with Crippen molar-refractivity contribution in [3.8, 4) is 0 Å². The first-order valence-corrected chi connectivity index (χ1v) is 10.8. The summed E-state index contributed by atoms with van der Waals surface area (Å²) in [4.78, 5) is 16.4. The van der Waals surface area contributed by atoms with E-state index >= 15 is 0 Å². The fourth-order valence-corrected chi connectivity index (χ4v) is 3.70. The first-order chi connectivity index (χ1) is 13.0. The Labute approximate surface area is 171 Å². The highest BCUT2D eigenvalue weighted by atomic mass is 79.9. The van der Waals surface area contributed by atoms with Gasteiger partial charge in [0.1, 0.15) is 11.0 Å². The zero-order valence-corrected chi connectivity index (χ0v) is 17.8. The summed E-state index contributed by atoms with van der Waals surface area (Å²) in [6, 6.07) is 8.98. The highest BCUT2D eigenvalue weighted by Crippen LogP contribution is 2.23. The maximum atomic E-state index is 12.5. The Morgan fingerprint density at radius 3 is 2.67 bits per heavy atom. The maximum absolute atomic E-state index is 12.5. The Hall–Kier alpha value is -2.05. The normalized spacial score (nSPS) is 12.9. The number of carbonyl (C=O) groups excluding carboxylic acids is 1. The molecule has 6 heteroatoms. The molecule has 2 aromatic rings. The van der Waals surface area contributed by atoms with Crippen molar-refractivity contribution in [2.45, 2.75) is 26.7 Å². The molecule has 0 bridgehead atoms. The molecule has 0 aliphatic heterocycles. The van der Waals surface area contributed by atoms with E-state index in [9.17, 15) is 9.00 Å². The maximum Gasteiger partial charge on any atom is 0.167 e. The molecule has 0 aliphatic carbocycles. The molecule has 1 aromatic carbocycles. The number of allylic oxidation sites excluding steroid dienone is 3. The lowest BCUT2D eigenvalue weighted by atomic mass is 10.0. The minimum absolute atomic E-state index is 0.00935. The highest BCUT2D eigenvalue weighted by molar-refractivity contribution is 9.10. The number of benzene rings is 1. The highest BCUT2D eigenvalue weighted by Gasteiger charge is 2.12. The molecule has 2 rings (SSSR count). The number of carbonyl (C=O) groups is 1. The van der Waals surface area contributed by atoms with Gasteiger partial charge in [0.05, 0.1) is 5.75 Å². The molecule has 0 radical (unpaired) electrons. The van der Waals surface area contributed by atoms with Crippen LogP contribution in [0.15, 0.2) is 71.0 Å². The Morgan fingerprint density at radius 2 is 2.00 bits per heavy atom. The summed E-state index contributed by atoms with van der Waals surface area (Å²) in [7, 11) is -1.27. The topological polar surface area (TPSA) is 59.1 Å². The lowest BCUT2D eigenvalue weighted by Crippen LogP contribution is -2.11. The van der Waals surface area contributed by atoms with E-state index < -0.39 is 11.0 Å². The second-order valence-corrected chi connectivity index (χ2v) is 8.02. The van der Waals surface area contributed by atoms with Crippen LogP contribution in [0.3, 0.4) is 0 Å². The van der Waals surface area contributed by atoms with Crippen LogP contribution >= 0.6 is 15.9 Å². The first-order valence-electron chi connectivity index (χ1n) is 8.72. The fraction of sp³-hybridized carbons (Fsp3) is 0.238. The fourth-order valence-electron chi connectivity index (χ4n) is 2.49. The number of hydrogen-bond donors (Lipinski definition) is 1. The van der Waals surface area contributed by atoms with Crippen molar-refractivity contribution in [3.05, 3.63) is 82.1 Å².